The fourth-order valence-corrected chi connectivity index (χ4v) is 3.61. The van der Waals surface area contributed by atoms with E-state index in [1.165, 1.54) is 4.31 Å². The van der Waals surface area contributed by atoms with Gasteiger partial charge in [-0.15, -0.1) is 0 Å². The molecule has 0 bridgehead atoms. The van der Waals surface area contributed by atoms with E-state index in [0.717, 1.165) is 17.5 Å². The molecule has 1 rings (SSSR count). The van der Waals surface area contributed by atoms with Crippen LogP contribution in [-0.4, -0.2) is 37.5 Å². The number of sulfonamides is 1. The van der Waals surface area contributed by atoms with Crippen LogP contribution in [0.4, 0.5) is 0 Å². The molecular weight excluding hydrogens is 264 g/mol. The predicted molar refractivity (Wildman–Crippen MR) is 75.9 cm³/mol. The van der Waals surface area contributed by atoms with E-state index in [1.54, 1.807) is 12.1 Å². The molecule has 0 aliphatic rings. The van der Waals surface area contributed by atoms with Gasteiger partial charge in [-0.25, -0.2) is 8.42 Å². The molecule has 0 aliphatic carbocycles. The molecule has 0 fully saturated rings. The molecule has 0 spiro atoms. The molecule has 6 heteroatoms. The first-order valence-corrected chi connectivity index (χ1v) is 8.01. The van der Waals surface area contributed by atoms with Gasteiger partial charge in [-0.3, -0.25) is 0 Å². The Morgan fingerprint density at radius 1 is 1.21 bits per heavy atom. The van der Waals surface area contributed by atoms with Gasteiger partial charge in [-0.05, 0) is 17.5 Å². The van der Waals surface area contributed by atoms with Crippen molar-refractivity contribution in [3.8, 4) is 0 Å². The van der Waals surface area contributed by atoms with Gasteiger partial charge in [0.25, 0.3) is 0 Å². The molecule has 0 aliphatic heterocycles. The van der Waals surface area contributed by atoms with Crippen LogP contribution in [0.15, 0.2) is 24.3 Å². The Morgan fingerprint density at radius 2 is 1.84 bits per heavy atom. The van der Waals surface area contributed by atoms with Crippen molar-refractivity contribution in [1.29, 1.82) is 0 Å². The third kappa shape index (κ3) is 4.58. The van der Waals surface area contributed by atoms with Crippen molar-refractivity contribution in [2.75, 3.05) is 19.7 Å². The standard InChI is InChI=1S/C13H22N2O3S/c1-2-7-15(8-9-16)19(17,18)11-13-6-4-3-5-12(13)10-14/h3-6,16H,2,7-11,14H2,1H3. The lowest BCUT2D eigenvalue weighted by Gasteiger charge is -2.21. The molecule has 0 atom stereocenters. The van der Waals surface area contributed by atoms with Crippen molar-refractivity contribution < 1.29 is 13.5 Å². The summed E-state index contributed by atoms with van der Waals surface area (Å²) in [5.41, 5.74) is 7.18. The van der Waals surface area contributed by atoms with Gasteiger partial charge in [0.15, 0.2) is 0 Å². The molecule has 1 aromatic rings. The summed E-state index contributed by atoms with van der Waals surface area (Å²) in [4.78, 5) is 0. The largest absolute Gasteiger partial charge is 0.395 e. The van der Waals surface area contributed by atoms with Crippen LogP contribution in [0.1, 0.15) is 24.5 Å². The van der Waals surface area contributed by atoms with Gasteiger partial charge in [0.2, 0.25) is 10.0 Å². The number of benzene rings is 1. The highest BCUT2D eigenvalue weighted by Gasteiger charge is 2.22. The number of nitrogens with two attached hydrogens (primary N) is 1. The number of aliphatic hydroxyl groups is 1. The minimum Gasteiger partial charge on any atom is -0.395 e. The van der Waals surface area contributed by atoms with E-state index in [4.69, 9.17) is 10.8 Å². The summed E-state index contributed by atoms with van der Waals surface area (Å²) < 4.78 is 26.0. The lowest BCUT2D eigenvalue weighted by molar-refractivity contribution is 0.253. The first kappa shape index (κ1) is 16.1. The Bertz CT molecular complexity index is 482. The number of nitrogens with zero attached hydrogens (tertiary/aromatic N) is 1. The summed E-state index contributed by atoms with van der Waals surface area (Å²) in [7, 11) is -3.41. The van der Waals surface area contributed by atoms with Crippen LogP contribution in [0, 0.1) is 0 Å². The number of aliphatic hydroxyl groups excluding tert-OH is 1. The zero-order chi connectivity index (χ0) is 14.3. The van der Waals surface area contributed by atoms with Crippen molar-refractivity contribution in [2.24, 2.45) is 5.73 Å². The fourth-order valence-electron chi connectivity index (χ4n) is 1.94. The highest BCUT2D eigenvalue weighted by Crippen LogP contribution is 2.15. The van der Waals surface area contributed by atoms with Gasteiger partial charge in [0.1, 0.15) is 0 Å². The average molecular weight is 286 g/mol. The van der Waals surface area contributed by atoms with E-state index in [0.29, 0.717) is 13.1 Å². The van der Waals surface area contributed by atoms with Gasteiger partial charge in [0.05, 0.1) is 12.4 Å². The zero-order valence-corrected chi connectivity index (χ0v) is 12.1. The third-order valence-electron chi connectivity index (χ3n) is 2.89. The van der Waals surface area contributed by atoms with Crippen molar-refractivity contribution in [3.63, 3.8) is 0 Å². The Labute approximate surface area is 115 Å². The van der Waals surface area contributed by atoms with Crippen LogP contribution in [-0.2, 0) is 22.3 Å². The number of rotatable bonds is 8. The lowest BCUT2D eigenvalue weighted by atomic mass is 10.1. The molecular formula is C13H22N2O3S. The second-order valence-corrected chi connectivity index (χ2v) is 6.32. The van der Waals surface area contributed by atoms with Crippen LogP contribution in [0.25, 0.3) is 0 Å². The Morgan fingerprint density at radius 3 is 2.37 bits per heavy atom. The third-order valence-corrected chi connectivity index (χ3v) is 4.72. The molecule has 0 aromatic heterocycles. The van der Waals surface area contributed by atoms with Crippen molar-refractivity contribution in [1.82, 2.24) is 4.31 Å². The maximum Gasteiger partial charge on any atom is 0.218 e. The summed E-state index contributed by atoms with van der Waals surface area (Å²) >= 11 is 0. The number of hydrogen-bond acceptors (Lipinski definition) is 4. The van der Waals surface area contributed by atoms with Crippen LogP contribution < -0.4 is 5.73 Å². The van der Waals surface area contributed by atoms with Crippen molar-refractivity contribution >= 4 is 10.0 Å². The SMILES string of the molecule is CCCN(CCO)S(=O)(=O)Cc1ccccc1CN. The maximum absolute atomic E-state index is 12.3. The highest BCUT2D eigenvalue weighted by molar-refractivity contribution is 7.88. The zero-order valence-electron chi connectivity index (χ0n) is 11.2. The molecule has 3 N–H and O–H groups in total. The van der Waals surface area contributed by atoms with E-state index in [1.807, 2.05) is 19.1 Å². The van der Waals surface area contributed by atoms with E-state index >= 15 is 0 Å². The van der Waals surface area contributed by atoms with Gasteiger partial charge in [-0.1, -0.05) is 31.2 Å². The van der Waals surface area contributed by atoms with Gasteiger partial charge >= 0.3 is 0 Å². The maximum atomic E-state index is 12.3. The molecule has 0 heterocycles. The Hall–Kier alpha value is -0.950. The van der Waals surface area contributed by atoms with Crippen LogP contribution in [0.5, 0.6) is 0 Å². The fraction of sp³-hybridized carbons (Fsp3) is 0.538. The van der Waals surface area contributed by atoms with Crippen molar-refractivity contribution in [2.45, 2.75) is 25.6 Å². The first-order valence-electron chi connectivity index (χ1n) is 6.40. The Kier molecular flexibility index (Phi) is 6.44. The van der Waals surface area contributed by atoms with E-state index < -0.39 is 10.0 Å². The summed E-state index contributed by atoms with van der Waals surface area (Å²) in [6.45, 7) is 2.62. The normalized spacial score (nSPS) is 12.0. The van der Waals surface area contributed by atoms with Gasteiger partial charge < -0.3 is 10.8 Å². The smallest absolute Gasteiger partial charge is 0.218 e. The topological polar surface area (TPSA) is 83.6 Å². The average Bonchev–Trinajstić information content (AvgIpc) is 2.38. The van der Waals surface area contributed by atoms with E-state index in [9.17, 15) is 8.42 Å². The highest BCUT2D eigenvalue weighted by atomic mass is 32.2. The molecule has 19 heavy (non-hydrogen) atoms. The van der Waals surface area contributed by atoms with E-state index in [2.05, 4.69) is 0 Å². The summed E-state index contributed by atoms with van der Waals surface area (Å²) in [5, 5.41) is 8.97. The summed E-state index contributed by atoms with van der Waals surface area (Å²) in [6, 6.07) is 7.26. The van der Waals surface area contributed by atoms with E-state index in [-0.39, 0.29) is 18.9 Å². The van der Waals surface area contributed by atoms with Gasteiger partial charge in [-0.2, -0.15) is 4.31 Å². The molecule has 5 nitrogen and oxygen atoms in total. The second-order valence-electron chi connectivity index (χ2n) is 4.35. The minimum atomic E-state index is -3.41. The Balaban J connectivity index is 2.93. The predicted octanol–water partition coefficient (Wildman–Crippen LogP) is 0.679. The monoisotopic (exact) mass is 286 g/mol. The second kappa shape index (κ2) is 7.59. The van der Waals surface area contributed by atoms with Gasteiger partial charge in [0, 0.05) is 19.6 Å². The number of hydrogen-bond donors (Lipinski definition) is 2. The van der Waals surface area contributed by atoms with Crippen LogP contribution in [0.3, 0.4) is 0 Å². The quantitative estimate of drug-likeness (QED) is 0.736. The van der Waals surface area contributed by atoms with Crippen LogP contribution in [0.2, 0.25) is 0 Å². The summed E-state index contributed by atoms with van der Waals surface area (Å²) in [6.07, 6.45) is 0.720. The first-order chi connectivity index (χ1) is 9.05. The summed E-state index contributed by atoms with van der Waals surface area (Å²) in [5.74, 6) is -0.0691. The molecule has 108 valence electrons. The molecule has 0 saturated heterocycles. The molecule has 1 aromatic carbocycles. The minimum absolute atomic E-state index is 0.0691. The van der Waals surface area contributed by atoms with Crippen molar-refractivity contribution in [3.05, 3.63) is 35.4 Å². The molecule has 0 amide bonds. The lowest BCUT2D eigenvalue weighted by Crippen LogP contribution is -2.35. The molecule has 0 unspecified atom stereocenters. The molecule has 0 saturated carbocycles. The molecule has 0 radical (unpaired) electrons. The van der Waals surface area contributed by atoms with Crippen LogP contribution >= 0.6 is 0 Å².